The first-order valence-electron chi connectivity index (χ1n) is 9.82. The molecule has 0 saturated carbocycles. The molecule has 1 aromatic heterocycles. The highest BCUT2D eigenvalue weighted by Gasteiger charge is 2.28. The lowest BCUT2D eigenvalue weighted by molar-refractivity contribution is -0.124. The van der Waals surface area contributed by atoms with Gasteiger partial charge in [-0.1, -0.05) is 54.6 Å². The summed E-state index contributed by atoms with van der Waals surface area (Å²) in [6.45, 7) is 3.14. The Morgan fingerprint density at radius 3 is 2.64 bits per heavy atom. The molecule has 4 heteroatoms. The molecule has 1 unspecified atom stereocenters. The second kappa shape index (κ2) is 8.81. The molecule has 142 valence electrons. The third-order valence-electron chi connectivity index (χ3n) is 5.25. The number of hydrogen-bond acceptors (Lipinski definition) is 3. The zero-order valence-corrected chi connectivity index (χ0v) is 15.9. The van der Waals surface area contributed by atoms with Crippen molar-refractivity contribution >= 4 is 5.91 Å². The molecular formula is C24H25N3O. The fourth-order valence-corrected chi connectivity index (χ4v) is 3.75. The van der Waals surface area contributed by atoms with Crippen LogP contribution in [0, 0.1) is 5.92 Å². The van der Waals surface area contributed by atoms with Crippen molar-refractivity contribution in [3.63, 3.8) is 0 Å². The van der Waals surface area contributed by atoms with Gasteiger partial charge in [0.15, 0.2) is 0 Å². The van der Waals surface area contributed by atoms with Crippen molar-refractivity contribution in [3.05, 3.63) is 90.3 Å². The van der Waals surface area contributed by atoms with Crippen molar-refractivity contribution in [1.82, 2.24) is 15.2 Å². The number of nitrogens with one attached hydrogen (secondary N) is 1. The van der Waals surface area contributed by atoms with Gasteiger partial charge in [0.2, 0.25) is 5.91 Å². The Labute approximate surface area is 166 Å². The smallest absolute Gasteiger partial charge is 0.224 e. The molecule has 28 heavy (non-hydrogen) atoms. The quantitative estimate of drug-likeness (QED) is 0.715. The topological polar surface area (TPSA) is 45.2 Å². The molecule has 1 fully saturated rings. The maximum absolute atomic E-state index is 12.5. The van der Waals surface area contributed by atoms with Crippen LogP contribution in [0.2, 0.25) is 0 Å². The minimum Gasteiger partial charge on any atom is -0.350 e. The molecule has 3 aromatic rings. The van der Waals surface area contributed by atoms with E-state index < -0.39 is 0 Å². The van der Waals surface area contributed by atoms with Crippen molar-refractivity contribution in [2.24, 2.45) is 5.92 Å². The molecule has 2 aromatic carbocycles. The molecule has 0 aliphatic carbocycles. The summed E-state index contributed by atoms with van der Waals surface area (Å²) in [4.78, 5) is 19.1. The number of carbonyl (C=O) groups excluding carboxylic acids is 1. The summed E-state index contributed by atoms with van der Waals surface area (Å²) in [5.41, 5.74) is 4.65. The van der Waals surface area contributed by atoms with Crippen LogP contribution in [0.4, 0.5) is 0 Å². The third kappa shape index (κ3) is 4.65. The van der Waals surface area contributed by atoms with Crippen molar-refractivity contribution in [2.45, 2.75) is 19.5 Å². The lowest BCUT2D eigenvalue weighted by Gasteiger charge is -2.17. The molecule has 0 bridgehead atoms. The zero-order valence-electron chi connectivity index (χ0n) is 15.9. The zero-order chi connectivity index (χ0) is 19.2. The van der Waals surface area contributed by atoms with E-state index in [4.69, 9.17) is 0 Å². The van der Waals surface area contributed by atoms with Gasteiger partial charge in [-0.15, -0.1) is 0 Å². The molecular weight excluding hydrogens is 346 g/mol. The Morgan fingerprint density at radius 1 is 1.00 bits per heavy atom. The fourth-order valence-electron chi connectivity index (χ4n) is 3.75. The van der Waals surface area contributed by atoms with Crippen LogP contribution < -0.4 is 5.32 Å². The first-order chi connectivity index (χ1) is 13.8. The Kier molecular flexibility index (Phi) is 5.78. The van der Waals surface area contributed by atoms with E-state index in [1.807, 2.05) is 24.3 Å². The molecule has 4 rings (SSSR count). The fraction of sp³-hybridized carbons (Fsp3) is 0.250. The van der Waals surface area contributed by atoms with Crippen LogP contribution >= 0.6 is 0 Å². The second-order valence-corrected chi connectivity index (χ2v) is 7.33. The van der Waals surface area contributed by atoms with E-state index in [9.17, 15) is 4.79 Å². The number of nitrogens with zero attached hydrogens (tertiary/aromatic N) is 2. The van der Waals surface area contributed by atoms with Gasteiger partial charge in [0.05, 0.1) is 18.2 Å². The summed E-state index contributed by atoms with van der Waals surface area (Å²) in [5.74, 6) is 0.187. The predicted molar refractivity (Wildman–Crippen MR) is 111 cm³/mol. The van der Waals surface area contributed by atoms with Crippen molar-refractivity contribution < 1.29 is 4.79 Å². The van der Waals surface area contributed by atoms with Gasteiger partial charge in [0.25, 0.3) is 0 Å². The van der Waals surface area contributed by atoms with Gasteiger partial charge in [0, 0.05) is 19.3 Å². The maximum atomic E-state index is 12.5. The number of rotatable bonds is 6. The van der Waals surface area contributed by atoms with E-state index in [0.29, 0.717) is 6.54 Å². The van der Waals surface area contributed by atoms with E-state index in [1.165, 1.54) is 16.7 Å². The summed E-state index contributed by atoms with van der Waals surface area (Å²) in [6, 6.07) is 24.9. The van der Waals surface area contributed by atoms with Crippen LogP contribution in [-0.2, 0) is 17.9 Å². The average molecular weight is 371 g/mol. The van der Waals surface area contributed by atoms with Gasteiger partial charge in [-0.25, -0.2) is 0 Å². The predicted octanol–water partition coefficient (Wildman–Crippen LogP) is 3.89. The highest BCUT2D eigenvalue weighted by molar-refractivity contribution is 5.79. The van der Waals surface area contributed by atoms with Gasteiger partial charge >= 0.3 is 0 Å². The molecule has 1 aliphatic heterocycles. The first kappa shape index (κ1) is 18.4. The first-order valence-corrected chi connectivity index (χ1v) is 9.82. The monoisotopic (exact) mass is 371 g/mol. The summed E-state index contributed by atoms with van der Waals surface area (Å²) in [5, 5.41) is 3.03. The van der Waals surface area contributed by atoms with E-state index in [1.54, 1.807) is 6.20 Å². The molecule has 0 radical (unpaired) electrons. The number of amides is 1. The van der Waals surface area contributed by atoms with Crippen LogP contribution in [0.25, 0.3) is 11.1 Å². The van der Waals surface area contributed by atoms with Crippen molar-refractivity contribution in [1.29, 1.82) is 0 Å². The molecule has 1 saturated heterocycles. The van der Waals surface area contributed by atoms with Crippen LogP contribution in [0.3, 0.4) is 0 Å². The highest BCUT2D eigenvalue weighted by Crippen LogP contribution is 2.23. The lowest BCUT2D eigenvalue weighted by Crippen LogP contribution is -2.32. The number of hydrogen-bond donors (Lipinski definition) is 1. The van der Waals surface area contributed by atoms with E-state index >= 15 is 0 Å². The molecule has 0 spiro atoms. The van der Waals surface area contributed by atoms with Gasteiger partial charge in [-0.2, -0.15) is 0 Å². The molecule has 1 amide bonds. The summed E-state index contributed by atoms with van der Waals surface area (Å²) >= 11 is 0. The van der Waals surface area contributed by atoms with Crippen LogP contribution in [0.1, 0.15) is 17.7 Å². The maximum Gasteiger partial charge on any atom is 0.224 e. The minimum atomic E-state index is 0.0565. The molecule has 4 nitrogen and oxygen atoms in total. The standard InChI is InChI=1S/C24H25N3O/c28-24(26-16-23-11-4-5-13-25-23)22-12-14-27(18-22)17-19-7-6-10-21(15-19)20-8-2-1-3-9-20/h1-11,13,15,22H,12,14,16-18H2,(H,26,28). The van der Waals surface area contributed by atoms with E-state index in [-0.39, 0.29) is 11.8 Å². The van der Waals surface area contributed by atoms with Crippen LogP contribution in [-0.4, -0.2) is 28.9 Å². The molecule has 2 heterocycles. The number of pyridine rings is 1. The summed E-state index contributed by atoms with van der Waals surface area (Å²) in [7, 11) is 0. The molecule has 1 aliphatic rings. The number of aromatic nitrogens is 1. The van der Waals surface area contributed by atoms with Gasteiger partial charge < -0.3 is 5.32 Å². The Bertz CT molecular complexity index is 911. The van der Waals surface area contributed by atoms with E-state index in [2.05, 4.69) is 63.7 Å². The second-order valence-electron chi connectivity index (χ2n) is 7.33. The third-order valence-corrected chi connectivity index (χ3v) is 5.25. The SMILES string of the molecule is O=C(NCc1ccccn1)C1CCN(Cc2cccc(-c3ccccc3)c2)C1. The number of benzene rings is 2. The summed E-state index contributed by atoms with van der Waals surface area (Å²) in [6.07, 6.45) is 2.66. The number of carbonyl (C=O) groups is 1. The molecule has 1 atom stereocenters. The van der Waals surface area contributed by atoms with Gasteiger partial charge in [-0.3, -0.25) is 14.7 Å². The van der Waals surface area contributed by atoms with Crippen LogP contribution in [0.5, 0.6) is 0 Å². The minimum absolute atomic E-state index is 0.0565. The largest absolute Gasteiger partial charge is 0.350 e. The van der Waals surface area contributed by atoms with E-state index in [0.717, 1.165) is 31.7 Å². The van der Waals surface area contributed by atoms with Crippen molar-refractivity contribution in [2.75, 3.05) is 13.1 Å². The highest BCUT2D eigenvalue weighted by atomic mass is 16.1. The normalized spacial score (nSPS) is 16.8. The average Bonchev–Trinajstić information content (AvgIpc) is 3.22. The van der Waals surface area contributed by atoms with Crippen LogP contribution in [0.15, 0.2) is 79.0 Å². The Hall–Kier alpha value is -2.98. The van der Waals surface area contributed by atoms with Gasteiger partial charge in [0.1, 0.15) is 0 Å². The Morgan fingerprint density at radius 2 is 1.82 bits per heavy atom. The van der Waals surface area contributed by atoms with Crippen molar-refractivity contribution in [3.8, 4) is 11.1 Å². The summed E-state index contributed by atoms with van der Waals surface area (Å²) < 4.78 is 0. The lowest BCUT2D eigenvalue weighted by atomic mass is 10.0. The van der Waals surface area contributed by atoms with Gasteiger partial charge in [-0.05, 0) is 47.9 Å². The number of likely N-dealkylation sites (tertiary alicyclic amines) is 1. The molecule has 1 N–H and O–H groups in total. The Balaban J connectivity index is 1.32.